The van der Waals surface area contributed by atoms with Gasteiger partial charge in [-0.1, -0.05) is 65.0 Å². The van der Waals surface area contributed by atoms with E-state index >= 15 is 0 Å². The van der Waals surface area contributed by atoms with Gasteiger partial charge in [0.15, 0.2) is 0 Å². The van der Waals surface area contributed by atoms with Crippen LogP contribution in [0.5, 0.6) is 0 Å². The Balaban J connectivity index is 2.44. The lowest BCUT2D eigenvalue weighted by Crippen LogP contribution is -2.25. The summed E-state index contributed by atoms with van der Waals surface area (Å²) >= 11 is 0. The van der Waals surface area contributed by atoms with E-state index in [2.05, 4.69) is 41.5 Å². The first-order valence-corrected chi connectivity index (χ1v) is 9.55. The first-order chi connectivity index (χ1) is 10.6. The van der Waals surface area contributed by atoms with E-state index in [0.717, 1.165) is 18.8 Å². The van der Waals surface area contributed by atoms with Crippen LogP contribution in [0.2, 0.25) is 0 Å². The molecule has 0 fully saturated rings. The van der Waals surface area contributed by atoms with Crippen molar-refractivity contribution in [1.29, 1.82) is 0 Å². The van der Waals surface area contributed by atoms with E-state index in [1.54, 1.807) is 11.1 Å². The molecule has 2 heteroatoms. The molecule has 3 unspecified atom stereocenters. The zero-order chi connectivity index (χ0) is 17.6. The lowest BCUT2D eigenvalue weighted by Gasteiger charge is -2.39. The number of carboxylic acid groups (broad SMARTS) is 1. The molecular weight excluding hydrogens is 284 g/mol. The van der Waals surface area contributed by atoms with Gasteiger partial charge in [-0.3, -0.25) is 4.79 Å². The number of aliphatic carboxylic acids is 1. The average Bonchev–Trinajstić information content (AvgIpc) is 2.35. The molecule has 1 aliphatic rings. The molecule has 0 spiro atoms. The standard InChI is InChI=1S/C21H38O2/c1-15(9-7-10-16(2)14-19(22)23)13-18(4)20-17(3)11-8-12-21(20,5)6/h15-16,18H,7-14H2,1-6H3,(H,22,23). The van der Waals surface area contributed by atoms with Gasteiger partial charge in [-0.05, 0) is 55.8 Å². The highest BCUT2D eigenvalue weighted by atomic mass is 16.4. The summed E-state index contributed by atoms with van der Waals surface area (Å²) in [5, 5.41) is 8.82. The molecule has 0 bridgehead atoms. The third-order valence-electron chi connectivity index (χ3n) is 5.71. The monoisotopic (exact) mass is 322 g/mol. The lowest BCUT2D eigenvalue weighted by atomic mass is 9.67. The molecule has 0 aliphatic heterocycles. The van der Waals surface area contributed by atoms with Gasteiger partial charge in [-0.15, -0.1) is 0 Å². The van der Waals surface area contributed by atoms with E-state index in [-0.39, 0.29) is 0 Å². The second kappa shape index (κ2) is 8.89. The zero-order valence-corrected chi connectivity index (χ0v) is 16.2. The van der Waals surface area contributed by atoms with Gasteiger partial charge in [0, 0.05) is 6.42 Å². The molecule has 3 atom stereocenters. The molecule has 0 amide bonds. The summed E-state index contributed by atoms with van der Waals surface area (Å²) in [6.45, 7) is 14.0. The van der Waals surface area contributed by atoms with Crippen molar-refractivity contribution < 1.29 is 9.90 Å². The number of allylic oxidation sites excluding steroid dienone is 2. The molecule has 0 heterocycles. The van der Waals surface area contributed by atoms with Gasteiger partial charge in [0.05, 0.1) is 0 Å². The largest absolute Gasteiger partial charge is 0.481 e. The van der Waals surface area contributed by atoms with E-state index in [0.29, 0.717) is 23.7 Å². The van der Waals surface area contributed by atoms with Crippen LogP contribution >= 0.6 is 0 Å². The van der Waals surface area contributed by atoms with Crippen LogP contribution in [0, 0.1) is 23.2 Å². The van der Waals surface area contributed by atoms with Crippen LogP contribution in [0.1, 0.15) is 92.9 Å². The Labute approximate surface area is 143 Å². The molecule has 0 aromatic heterocycles. The van der Waals surface area contributed by atoms with Gasteiger partial charge in [0.25, 0.3) is 0 Å². The van der Waals surface area contributed by atoms with Crippen LogP contribution in [-0.4, -0.2) is 11.1 Å². The van der Waals surface area contributed by atoms with Crippen molar-refractivity contribution in [3.8, 4) is 0 Å². The third-order valence-corrected chi connectivity index (χ3v) is 5.71. The van der Waals surface area contributed by atoms with E-state index < -0.39 is 5.97 Å². The minimum absolute atomic E-state index is 0.305. The molecule has 0 saturated heterocycles. The van der Waals surface area contributed by atoms with E-state index in [9.17, 15) is 4.79 Å². The highest BCUT2D eigenvalue weighted by Crippen LogP contribution is 2.45. The van der Waals surface area contributed by atoms with Gasteiger partial charge in [0.1, 0.15) is 0 Å². The van der Waals surface area contributed by atoms with Crippen LogP contribution in [-0.2, 0) is 4.79 Å². The normalized spacial score (nSPS) is 21.8. The van der Waals surface area contributed by atoms with E-state index in [1.807, 2.05) is 0 Å². The minimum atomic E-state index is -0.666. The Bertz CT molecular complexity index is 420. The maximum atomic E-state index is 10.7. The van der Waals surface area contributed by atoms with Crippen molar-refractivity contribution in [3.05, 3.63) is 11.1 Å². The fourth-order valence-electron chi connectivity index (χ4n) is 4.78. The summed E-state index contributed by atoms with van der Waals surface area (Å²) in [6, 6.07) is 0. The summed E-state index contributed by atoms with van der Waals surface area (Å²) < 4.78 is 0. The highest BCUT2D eigenvalue weighted by molar-refractivity contribution is 5.66. The molecule has 1 aliphatic carbocycles. The Morgan fingerprint density at radius 2 is 1.78 bits per heavy atom. The van der Waals surface area contributed by atoms with Crippen molar-refractivity contribution in [2.24, 2.45) is 23.2 Å². The summed E-state index contributed by atoms with van der Waals surface area (Å²) in [6.07, 6.45) is 8.94. The SMILES string of the molecule is CC1=C(C(C)CC(C)CCCC(C)CC(=O)O)C(C)(C)CCC1. The van der Waals surface area contributed by atoms with Gasteiger partial charge >= 0.3 is 5.97 Å². The Morgan fingerprint density at radius 3 is 2.35 bits per heavy atom. The molecule has 1 rings (SSSR count). The number of carbonyl (C=O) groups is 1. The molecule has 0 radical (unpaired) electrons. The second-order valence-electron chi connectivity index (χ2n) is 8.81. The Hall–Kier alpha value is -0.790. The fraction of sp³-hybridized carbons (Fsp3) is 0.857. The van der Waals surface area contributed by atoms with Crippen molar-refractivity contribution in [2.45, 2.75) is 92.9 Å². The lowest BCUT2D eigenvalue weighted by molar-refractivity contribution is -0.138. The maximum Gasteiger partial charge on any atom is 0.303 e. The summed E-state index contributed by atoms with van der Waals surface area (Å²) in [5.41, 5.74) is 3.73. The number of carboxylic acids is 1. The first-order valence-electron chi connectivity index (χ1n) is 9.55. The minimum Gasteiger partial charge on any atom is -0.481 e. The predicted molar refractivity (Wildman–Crippen MR) is 98.5 cm³/mol. The van der Waals surface area contributed by atoms with Gasteiger partial charge < -0.3 is 5.11 Å². The number of rotatable bonds is 9. The molecule has 0 aromatic carbocycles. The van der Waals surface area contributed by atoms with Crippen LogP contribution < -0.4 is 0 Å². The first kappa shape index (κ1) is 20.3. The van der Waals surface area contributed by atoms with Crippen LogP contribution in [0.25, 0.3) is 0 Å². The molecular formula is C21H38O2. The second-order valence-corrected chi connectivity index (χ2v) is 8.81. The number of hydrogen-bond donors (Lipinski definition) is 1. The van der Waals surface area contributed by atoms with Crippen LogP contribution in [0.4, 0.5) is 0 Å². The highest BCUT2D eigenvalue weighted by Gasteiger charge is 2.31. The van der Waals surface area contributed by atoms with Crippen LogP contribution in [0.3, 0.4) is 0 Å². The van der Waals surface area contributed by atoms with Crippen molar-refractivity contribution in [3.63, 3.8) is 0 Å². The van der Waals surface area contributed by atoms with Crippen molar-refractivity contribution in [1.82, 2.24) is 0 Å². The summed E-state index contributed by atoms with van der Waals surface area (Å²) in [4.78, 5) is 10.7. The molecule has 1 N–H and O–H groups in total. The molecule has 134 valence electrons. The Kier molecular flexibility index (Phi) is 7.83. The Morgan fingerprint density at radius 1 is 1.17 bits per heavy atom. The average molecular weight is 323 g/mol. The third kappa shape index (κ3) is 6.69. The van der Waals surface area contributed by atoms with Gasteiger partial charge in [-0.25, -0.2) is 0 Å². The molecule has 2 nitrogen and oxygen atoms in total. The molecule has 0 aromatic rings. The maximum absolute atomic E-state index is 10.7. The quantitative estimate of drug-likeness (QED) is 0.495. The van der Waals surface area contributed by atoms with Gasteiger partial charge in [-0.2, -0.15) is 0 Å². The molecule has 0 saturated carbocycles. The van der Waals surface area contributed by atoms with Crippen molar-refractivity contribution >= 4 is 5.97 Å². The number of hydrogen-bond acceptors (Lipinski definition) is 1. The van der Waals surface area contributed by atoms with E-state index in [4.69, 9.17) is 5.11 Å². The summed E-state index contributed by atoms with van der Waals surface area (Å²) in [5.74, 6) is 1.04. The van der Waals surface area contributed by atoms with Crippen molar-refractivity contribution in [2.75, 3.05) is 0 Å². The predicted octanol–water partition coefficient (Wildman–Crippen LogP) is 6.46. The zero-order valence-electron chi connectivity index (χ0n) is 16.2. The van der Waals surface area contributed by atoms with E-state index in [1.165, 1.54) is 32.1 Å². The fourth-order valence-corrected chi connectivity index (χ4v) is 4.78. The smallest absolute Gasteiger partial charge is 0.303 e. The van der Waals surface area contributed by atoms with Gasteiger partial charge in [0.2, 0.25) is 0 Å². The summed E-state index contributed by atoms with van der Waals surface area (Å²) in [7, 11) is 0. The molecule has 23 heavy (non-hydrogen) atoms. The topological polar surface area (TPSA) is 37.3 Å². The van der Waals surface area contributed by atoms with Crippen LogP contribution in [0.15, 0.2) is 11.1 Å².